The fraction of sp³-hybridized carbons (Fsp3) is 0.455. The smallest absolute Gasteiger partial charge is 0.257 e. The molecule has 2 amide bonds. The molecule has 1 saturated heterocycles. The number of rotatable bonds is 6. The number of nitrogens with zero attached hydrogens (tertiary/aromatic N) is 3. The van der Waals surface area contributed by atoms with Gasteiger partial charge in [-0.2, -0.15) is 11.3 Å². The average Bonchev–Trinajstić information content (AvgIpc) is 3.13. The van der Waals surface area contributed by atoms with Gasteiger partial charge in [0.2, 0.25) is 0 Å². The number of benzene rings is 1. The molecule has 0 N–H and O–H groups in total. The summed E-state index contributed by atoms with van der Waals surface area (Å²) in [7, 11) is 0. The van der Waals surface area contributed by atoms with E-state index in [4.69, 9.17) is 0 Å². The van der Waals surface area contributed by atoms with E-state index in [1.54, 1.807) is 25.2 Å². The van der Waals surface area contributed by atoms with Gasteiger partial charge in [0.25, 0.3) is 11.8 Å². The van der Waals surface area contributed by atoms with Gasteiger partial charge in [-0.05, 0) is 54.8 Å². The highest BCUT2D eigenvalue weighted by atomic mass is 32.1. The van der Waals surface area contributed by atoms with Gasteiger partial charge in [0.1, 0.15) is 11.6 Å². The molecule has 0 saturated carbocycles. The van der Waals surface area contributed by atoms with Crippen molar-refractivity contribution in [2.75, 3.05) is 39.3 Å². The van der Waals surface area contributed by atoms with Gasteiger partial charge in [-0.15, -0.1) is 0 Å². The van der Waals surface area contributed by atoms with E-state index in [2.05, 4.69) is 16.3 Å². The van der Waals surface area contributed by atoms with Crippen molar-refractivity contribution < 1.29 is 18.4 Å². The number of hydrogen-bond acceptors (Lipinski definition) is 4. The molecule has 0 atom stereocenters. The quantitative estimate of drug-likeness (QED) is 0.692. The summed E-state index contributed by atoms with van der Waals surface area (Å²) in [6, 6.07) is 3.90. The van der Waals surface area contributed by atoms with Gasteiger partial charge in [-0.3, -0.25) is 14.5 Å². The number of halogens is 2. The van der Waals surface area contributed by atoms with E-state index < -0.39 is 34.6 Å². The number of carbonyl (C=O) groups excluding carboxylic acids is 2. The Hall–Kier alpha value is -2.32. The summed E-state index contributed by atoms with van der Waals surface area (Å²) in [5.74, 6) is -3.02. The highest BCUT2D eigenvalue weighted by molar-refractivity contribution is 7.07. The largest absolute Gasteiger partial charge is 0.339 e. The van der Waals surface area contributed by atoms with Crippen LogP contribution in [0.25, 0.3) is 0 Å². The first kappa shape index (κ1) is 22.4. The summed E-state index contributed by atoms with van der Waals surface area (Å²) in [5.41, 5.74) is 0.296. The molecule has 2 aromatic rings. The zero-order valence-corrected chi connectivity index (χ0v) is 18.2. The van der Waals surface area contributed by atoms with Gasteiger partial charge in [-0.25, -0.2) is 8.78 Å². The van der Waals surface area contributed by atoms with Crippen molar-refractivity contribution >= 4 is 23.2 Å². The number of carbonyl (C=O) groups is 2. The minimum Gasteiger partial charge on any atom is -0.339 e. The van der Waals surface area contributed by atoms with Crippen LogP contribution in [-0.4, -0.2) is 65.8 Å². The lowest BCUT2D eigenvalue weighted by molar-refractivity contribution is 0.0719. The summed E-state index contributed by atoms with van der Waals surface area (Å²) in [5, 5.41) is 4.13. The molecule has 1 aromatic carbocycles. The molecule has 8 heteroatoms. The fourth-order valence-corrected chi connectivity index (χ4v) is 4.43. The van der Waals surface area contributed by atoms with Gasteiger partial charge < -0.3 is 9.80 Å². The highest BCUT2D eigenvalue weighted by Gasteiger charge is 2.31. The van der Waals surface area contributed by atoms with Crippen LogP contribution in [0.5, 0.6) is 0 Å². The van der Waals surface area contributed by atoms with Gasteiger partial charge in [-0.1, -0.05) is 0 Å². The summed E-state index contributed by atoms with van der Waals surface area (Å²) < 4.78 is 29.3. The van der Waals surface area contributed by atoms with Crippen molar-refractivity contribution in [1.82, 2.24) is 14.7 Å². The highest BCUT2D eigenvalue weighted by Crippen LogP contribution is 2.23. The second-order valence-corrected chi connectivity index (χ2v) is 8.09. The van der Waals surface area contributed by atoms with Crippen molar-refractivity contribution in [2.24, 2.45) is 0 Å². The number of thiophene rings is 1. The predicted molar refractivity (Wildman–Crippen MR) is 114 cm³/mol. The lowest BCUT2D eigenvalue weighted by atomic mass is 10.0. The van der Waals surface area contributed by atoms with Crippen LogP contribution in [0.3, 0.4) is 0 Å². The fourth-order valence-electron chi connectivity index (χ4n) is 3.77. The molecular formula is C22H27F2N3O2S. The van der Waals surface area contributed by atoms with Crippen molar-refractivity contribution in [3.63, 3.8) is 0 Å². The van der Waals surface area contributed by atoms with Crippen LogP contribution in [-0.2, 0) is 6.54 Å². The molecule has 0 unspecified atom stereocenters. The van der Waals surface area contributed by atoms with E-state index in [0.717, 1.165) is 31.6 Å². The summed E-state index contributed by atoms with van der Waals surface area (Å²) in [6.07, 6.45) is 0.728. The lowest BCUT2D eigenvalue weighted by Gasteiger charge is -2.25. The Labute approximate surface area is 179 Å². The Morgan fingerprint density at radius 3 is 2.33 bits per heavy atom. The van der Waals surface area contributed by atoms with Crippen LogP contribution in [0, 0.1) is 11.6 Å². The van der Waals surface area contributed by atoms with Crippen LogP contribution >= 0.6 is 11.3 Å². The first-order chi connectivity index (χ1) is 14.5. The third-order valence-corrected chi connectivity index (χ3v) is 6.18. The van der Waals surface area contributed by atoms with Crippen LogP contribution in [0.15, 0.2) is 29.0 Å². The molecule has 0 aliphatic carbocycles. The van der Waals surface area contributed by atoms with E-state index in [1.807, 2.05) is 5.38 Å². The van der Waals surface area contributed by atoms with E-state index in [0.29, 0.717) is 32.7 Å². The van der Waals surface area contributed by atoms with Crippen LogP contribution < -0.4 is 0 Å². The molecule has 30 heavy (non-hydrogen) atoms. The predicted octanol–water partition coefficient (Wildman–Crippen LogP) is 3.86. The first-order valence-electron chi connectivity index (χ1n) is 10.3. The monoisotopic (exact) mass is 435 g/mol. The van der Waals surface area contributed by atoms with Gasteiger partial charge in [0.15, 0.2) is 0 Å². The summed E-state index contributed by atoms with van der Waals surface area (Å²) >= 11 is 1.64. The maximum Gasteiger partial charge on any atom is 0.257 e. The van der Waals surface area contributed by atoms with Crippen LogP contribution in [0.1, 0.15) is 46.5 Å². The third-order valence-electron chi connectivity index (χ3n) is 5.44. The maximum absolute atomic E-state index is 14.7. The standard InChI is InChI=1S/C22H27F2N3O2S/c1-3-26(4-2)21(28)19-17(23)6-7-18(24)20(19)22(29)27-10-5-9-25(11-12-27)14-16-8-13-30-15-16/h6-8,13,15H,3-5,9-12,14H2,1-2H3. The molecule has 1 fully saturated rings. The van der Waals surface area contributed by atoms with Crippen LogP contribution in [0.2, 0.25) is 0 Å². The minimum atomic E-state index is -0.870. The molecule has 0 bridgehead atoms. The molecule has 1 aromatic heterocycles. The van der Waals surface area contributed by atoms with E-state index in [1.165, 1.54) is 15.4 Å². The van der Waals surface area contributed by atoms with Gasteiger partial charge >= 0.3 is 0 Å². The zero-order valence-electron chi connectivity index (χ0n) is 17.4. The molecule has 0 spiro atoms. The van der Waals surface area contributed by atoms with Gasteiger partial charge in [0, 0.05) is 45.8 Å². The van der Waals surface area contributed by atoms with E-state index in [-0.39, 0.29) is 0 Å². The van der Waals surface area contributed by atoms with Gasteiger partial charge in [0.05, 0.1) is 11.1 Å². The van der Waals surface area contributed by atoms with Crippen molar-refractivity contribution in [1.29, 1.82) is 0 Å². The van der Waals surface area contributed by atoms with Crippen molar-refractivity contribution in [2.45, 2.75) is 26.8 Å². The molecule has 0 radical (unpaired) electrons. The number of hydrogen-bond donors (Lipinski definition) is 0. The molecule has 162 valence electrons. The summed E-state index contributed by atoms with van der Waals surface area (Å²) in [6.45, 7) is 7.31. The van der Waals surface area contributed by atoms with Crippen molar-refractivity contribution in [3.8, 4) is 0 Å². The Morgan fingerprint density at radius 1 is 1.00 bits per heavy atom. The molecular weight excluding hydrogens is 408 g/mol. The average molecular weight is 436 g/mol. The SMILES string of the molecule is CCN(CC)C(=O)c1c(F)ccc(F)c1C(=O)N1CCCN(Cc2ccsc2)CC1. The minimum absolute atomic E-state index is 0.347. The maximum atomic E-state index is 14.7. The molecule has 5 nitrogen and oxygen atoms in total. The second kappa shape index (κ2) is 10.1. The first-order valence-corrected chi connectivity index (χ1v) is 11.2. The molecule has 1 aliphatic heterocycles. The molecule has 3 rings (SSSR count). The Morgan fingerprint density at radius 2 is 1.70 bits per heavy atom. The Balaban J connectivity index is 1.82. The third kappa shape index (κ3) is 4.87. The van der Waals surface area contributed by atoms with Crippen LogP contribution in [0.4, 0.5) is 8.78 Å². The van der Waals surface area contributed by atoms with E-state index in [9.17, 15) is 18.4 Å². The topological polar surface area (TPSA) is 43.9 Å². The zero-order chi connectivity index (χ0) is 21.7. The Bertz CT molecular complexity index is 885. The second-order valence-electron chi connectivity index (χ2n) is 7.31. The normalized spacial score (nSPS) is 15.1. The van der Waals surface area contributed by atoms with Crippen molar-refractivity contribution in [3.05, 3.63) is 57.3 Å². The number of amides is 2. The summed E-state index contributed by atoms with van der Waals surface area (Å²) in [4.78, 5) is 31.2. The van der Waals surface area contributed by atoms with E-state index >= 15 is 0 Å². The molecule has 1 aliphatic rings. The Kier molecular flexibility index (Phi) is 7.55. The molecule has 2 heterocycles. The lowest BCUT2D eigenvalue weighted by Crippen LogP contribution is -2.38.